The number of halogens is 1. The number of hydrogen-bond acceptors (Lipinski definition) is 2. The third-order valence-corrected chi connectivity index (χ3v) is 7.58. The highest BCUT2D eigenvalue weighted by Crippen LogP contribution is 2.44. The fourth-order valence-electron chi connectivity index (χ4n) is 5.33. The van der Waals surface area contributed by atoms with Crippen LogP contribution in [0.1, 0.15) is 51.4 Å². The second-order valence-corrected chi connectivity index (χ2v) is 10.2. The summed E-state index contributed by atoms with van der Waals surface area (Å²) in [6.45, 7) is 10.7. The Morgan fingerprint density at radius 1 is 0.914 bits per heavy atom. The van der Waals surface area contributed by atoms with Crippen LogP contribution in [0.5, 0.6) is 0 Å². The highest BCUT2D eigenvalue weighted by Gasteiger charge is 2.42. The number of benzene rings is 2. The summed E-state index contributed by atoms with van der Waals surface area (Å²) < 4.78 is 2.30. The molecule has 0 saturated carbocycles. The standard InChI is InChI=1S/C29H29ClN4S/c1-17-13-18(2)15-22(14-17)34-28(27(32-29(34)35)25-10-6-7-12-31-25)23-16-19(3)33(21(23)5)26-11-8-9-24(30)20(26)4/h6-16,27-28H,1-5H3,(H,32,35)/t27-,28-/m0/s1. The second-order valence-electron chi connectivity index (χ2n) is 9.39. The van der Waals surface area contributed by atoms with E-state index in [9.17, 15) is 0 Å². The van der Waals surface area contributed by atoms with Crippen molar-refractivity contribution < 1.29 is 0 Å². The number of hydrogen-bond donors (Lipinski definition) is 1. The second kappa shape index (κ2) is 9.14. The van der Waals surface area contributed by atoms with Crippen molar-refractivity contribution in [1.82, 2.24) is 14.9 Å². The number of anilines is 1. The Labute approximate surface area is 217 Å². The highest BCUT2D eigenvalue weighted by molar-refractivity contribution is 7.80. The van der Waals surface area contributed by atoms with Crippen molar-refractivity contribution in [3.05, 3.63) is 111 Å². The van der Waals surface area contributed by atoms with Gasteiger partial charge in [0, 0.05) is 34.0 Å². The van der Waals surface area contributed by atoms with Crippen LogP contribution >= 0.6 is 23.8 Å². The summed E-state index contributed by atoms with van der Waals surface area (Å²) in [6, 6.07) is 20.8. The van der Waals surface area contributed by atoms with E-state index in [2.05, 4.69) is 85.8 Å². The van der Waals surface area contributed by atoms with Crippen LogP contribution in [0.25, 0.3) is 5.69 Å². The van der Waals surface area contributed by atoms with Crippen LogP contribution in [0, 0.1) is 34.6 Å². The van der Waals surface area contributed by atoms with E-state index in [1.165, 1.54) is 22.4 Å². The van der Waals surface area contributed by atoms with Gasteiger partial charge in [0.2, 0.25) is 0 Å². The van der Waals surface area contributed by atoms with Gasteiger partial charge in [0.15, 0.2) is 5.11 Å². The summed E-state index contributed by atoms with van der Waals surface area (Å²) in [5, 5.41) is 5.06. The number of nitrogens with one attached hydrogen (secondary N) is 1. The summed E-state index contributed by atoms with van der Waals surface area (Å²) in [5.74, 6) is 0. The molecule has 1 aliphatic rings. The topological polar surface area (TPSA) is 33.1 Å². The quantitative estimate of drug-likeness (QED) is 0.299. The lowest BCUT2D eigenvalue weighted by molar-refractivity contribution is 0.565. The Kier molecular flexibility index (Phi) is 6.16. The van der Waals surface area contributed by atoms with E-state index < -0.39 is 0 Å². The predicted octanol–water partition coefficient (Wildman–Crippen LogP) is 7.24. The number of rotatable bonds is 4. The van der Waals surface area contributed by atoms with Crippen LogP contribution in [0.4, 0.5) is 5.69 Å². The molecule has 178 valence electrons. The molecule has 2 aromatic carbocycles. The van der Waals surface area contributed by atoms with Crippen molar-refractivity contribution >= 4 is 34.6 Å². The summed E-state index contributed by atoms with van der Waals surface area (Å²) in [5.41, 5.74) is 10.2. The molecule has 0 aliphatic carbocycles. The van der Waals surface area contributed by atoms with E-state index in [1.807, 2.05) is 30.5 Å². The lowest BCUT2D eigenvalue weighted by Crippen LogP contribution is -2.29. The van der Waals surface area contributed by atoms with Gasteiger partial charge < -0.3 is 14.8 Å². The summed E-state index contributed by atoms with van der Waals surface area (Å²) in [4.78, 5) is 6.96. The predicted molar refractivity (Wildman–Crippen MR) is 149 cm³/mol. The number of nitrogens with zero attached hydrogens (tertiary/aromatic N) is 3. The minimum absolute atomic E-state index is 0.0574. The highest BCUT2D eigenvalue weighted by atomic mass is 35.5. The molecule has 35 heavy (non-hydrogen) atoms. The first kappa shape index (κ1) is 23.6. The van der Waals surface area contributed by atoms with Crippen LogP contribution in [0.3, 0.4) is 0 Å². The molecule has 4 nitrogen and oxygen atoms in total. The smallest absolute Gasteiger partial charge is 0.174 e. The molecular weight excluding hydrogens is 472 g/mol. The monoisotopic (exact) mass is 500 g/mol. The first-order valence-corrected chi connectivity index (χ1v) is 12.6. The number of thiocarbonyl (C=S) groups is 1. The van der Waals surface area contributed by atoms with Crippen LogP contribution in [-0.4, -0.2) is 14.7 Å². The molecular formula is C29H29ClN4S. The van der Waals surface area contributed by atoms with Crippen molar-refractivity contribution in [2.24, 2.45) is 0 Å². The third kappa shape index (κ3) is 4.13. The number of aromatic nitrogens is 2. The van der Waals surface area contributed by atoms with E-state index in [0.29, 0.717) is 5.11 Å². The SMILES string of the molecule is Cc1cc(C)cc(N2C(=S)N[C@@H](c3ccccn3)[C@@H]2c2cc(C)n(-c3cccc(Cl)c3C)c2C)c1. The van der Waals surface area contributed by atoms with Crippen molar-refractivity contribution in [1.29, 1.82) is 0 Å². The van der Waals surface area contributed by atoms with Gasteiger partial charge in [-0.3, -0.25) is 4.98 Å². The van der Waals surface area contributed by atoms with Crippen LogP contribution in [0.15, 0.2) is 66.9 Å². The molecule has 3 heterocycles. The van der Waals surface area contributed by atoms with Gasteiger partial charge in [-0.1, -0.05) is 29.8 Å². The van der Waals surface area contributed by atoms with E-state index in [4.69, 9.17) is 28.8 Å². The van der Waals surface area contributed by atoms with Gasteiger partial charge in [-0.25, -0.2) is 0 Å². The molecule has 0 amide bonds. The average Bonchev–Trinajstić information content (AvgIpc) is 3.31. The van der Waals surface area contributed by atoms with Crippen LogP contribution in [0.2, 0.25) is 5.02 Å². The maximum atomic E-state index is 6.50. The van der Waals surface area contributed by atoms with E-state index >= 15 is 0 Å². The minimum atomic E-state index is -0.0843. The molecule has 0 spiro atoms. The van der Waals surface area contributed by atoms with Gasteiger partial charge in [0.05, 0.1) is 17.8 Å². The Bertz CT molecular complexity index is 1410. The van der Waals surface area contributed by atoms with Gasteiger partial charge in [-0.2, -0.15) is 0 Å². The first-order chi connectivity index (χ1) is 16.8. The molecule has 0 radical (unpaired) electrons. The maximum Gasteiger partial charge on any atom is 0.174 e. The van der Waals surface area contributed by atoms with Crippen molar-refractivity contribution in [2.45, 2.75) is 46.7 Å². The van der Waals surface area contributed by atoms with Gasteiger partial charge >= 0.3 is 0 Å². The van der Waals surface area contributed by atoms with E-state index in [-0.39, 0.29) is 12.1 Å². The first-order valence-electron chi connectivity index (χ1n) is 11.8. The molecule has 1 saturated heterocycles. The van der Waals surface area contributed by atoms with Crippen molar-refractivity contribution in [3.63, 3.8) is 0 Å². The van der Waals surface area contributed by atoms with Gasteiger partial charge in [0.1, 0.15) is 0 Å². The van der Waals surface area contributed by atoms with Crippen molar-refractivity contribution in [3.8, 4) is 5.69 Å². The zero-order valence-corrected chi connectivity index (χ0v) is 22.2. The molecule has 5 rings (SSSR count). The Morgan fingerprint density at radius 3 is 2.34 bits per heavy atom. The van der Waals surface area contributed by atoms with Crippen LogP contribution in [-0.2, 0) is 0 Å². The lowest BCUT2D eigenvalue weighted by Gasteiger charge is -2.29. The van der Waals surface area contributed by atoms with Gasteiger partial charge in [-0.15, -0.1) is 0 Å². The summed E-state index contributed by atoms with van der Waals surface area (Å²) in [6.07, 6.45) is 1.84. The van der Waals surface area contributed by atoms with Crippen molar-refractivity contribution in [2.75, 3.05) is 4.90 Å². The summed E-state index contributed by atoms with van der Waals surface area (Å²) in [7, 11) is 0. The molecule has 0 bridgehead atoms. The number of aryl methyl sites for hydroxylation is 3. The maximum absolute atomic E-state index is 6.50. The fraction of sp³-hybridized carbons (Fsp3) is 0.241. The zero-order valence-electron chi connectivity index (χ0n) is 20.6. The zero-order chi connectivity index (χ0) is 24.9. The minimum Gasteiger partial charge on any atom is -0.351 e. The fourth-order valence-corrected chi connectivity index (χ4v) is 5.85. The number of pyridine rings is 1. The molecule has 6 heteroatoms. The normalized spacial score (nSPS) is 17.7. The molecule has 1 aliphatic heterocycles. The molecule has 1 fully saturated rings. The Balaban J connectivity index is 1.72. The molecule has 2 atom stereocenters. The molecule has 4 aromatic rings. The molecule has 2 aromatic heterocycles. The molecule has 1 N–H and O–H groups in total. The lowest BCUT2D eigenvalue weighted by atomic mass is 9.96. The Morgan fingerprint density at radius 2 is 1.66 bits per heavy atom. The third-order valence-electron chi connectivity index (χ3n) is 6.85. The van der Waals surface area contributed by atoms with Gasteiger partial charge in [-0.05, 0) is 112 Å². The van der Waals surface area contributed by atoms with Gasteiger partial charge in [0.25, 0.3) is 0 Å². The average molecular weight is 501 g/mol. The Hall–Kier alpha value is -3.15. The molecule has 0 unspecified atom stereocenters. The van der Waals surface area contributed by atoms with E-state index in [0.717, 1.165) is 33.3 Å². The summed E-state index contributed by atoms with van der Waals surface area (Å²) >= 11 is 12.4. The van der Waals surface area contributed by atoms with Crippen LogP contribution < -0.4 is 10.2 Å². The largest absolute Gasteiger partial charge is 0.351 e. The van der Waals surface area contributed by atoms with E-state index in [1.54, 1.807) is 0 Å².